The fourth-order valence-corrected chi connectivity index (χ4v) is 3.09. The van der Waals surface area contributed by atoms with E-state index in [-0.39, 0.29) is 11.3 Å². The Morgan fingerprint density at radius 2 is 1.83 bits per heavy atom. The number of hydrogen-bond acceptors (Lipinski definition) is 6. The molecule has 0 aliphatic heterocycles. The van der Waals surface area contributed by atoms with Gasteiger partial charge < -0.3 is 9.84 Å². The minimum atomic E-state index is -0.599. The van der Waals surface area contributed by atoms with Crippen molar-refractivity contribution in [2.75, 3.05) is 5.32 Å². The Bertz CT molecular complexity index is 1170. The predicted octanol–water partition coefficient (Wildman–Crippen LogP) is 3.91. The van der Waals surface area contributed by atoms with Crippen molar-refractivity contribution in [1.82, 2.24) is 9.72 Å². The lowest BCUT2D eigenvalue weighted by Crippen LogP contribution is -2.19. The van der Waals surface area contributed by atoms with E-state index in [9.17, 15) is 19.7 Å². The zero-order valence-electron chi connectivity index (χ0n) is 16.9. The molecule has 0 aliphatic carbocycles. The number of aromatic nitrogens is 2. The number of carbonyl (C=O) groups excluding carboxylic acids is 2. The molecule has 9 heteroatoms. The molecule has 0 fully saturated rings. The highest BCUT2D eigenvalue weighted by Gasteiger charge is 2.18. The molecule has 2 aromatic heterocycles. The summed E-state index contributed by atoms with van der Waals surface area (Å²) in [6.07, 6.45) is 1.52. The third-order valence-electron chi connectivity index (χ3n) is 4.57. The van der Waals surface area contributed by atoms with Gasteiger partial charge in [-0.25, -0.2) is 0 Å². The maximum Gasteiger partial charge on any atom is 0.269 e. The molecular weight excluding hydrogens is 388 g/mol. The van der Waals surface area contributed by atoms with Crippen molar-refractivity contribution in [3.05, 3.63) is 74.8 Å². The van der Waals surface area contributed by atoms with Gasteiger partial charge in [0.2, 0.25) is 0 Å². The third kappa shape index (κ3) is 4.19. The molecule has 3 aromatic rings. The van der Waals surface area contributed by atoms with E-state index < -0.39 is 16.6 Å². The Morgan fingerprint density at radius 3 is 2.37 bits per heavy atom. The van der Waals surface area contributed by atoms with Gasteiger partial charge in [0.05, 0.1) is 10.5 Å². The van der Waals surface area contributed by atoms with Crippen molar-refractivity contribution < 1.29 is 19.0 Å². The van der Waals surface area contributed by atoms with Crippen LogP contribution in [0, 0.1) is 30.9 Å². The maximum absolute atomic E-state index is 12.7. The predicted molar refractivity (Wildman–Crippen MR) is 110 cm³/mol. The summed E-state index contributed by atoms with van der Waals surface area (Å²) in [5.74, 6) is 0.276. The van der Waals surface area contributed by atoms with Crippen molar-refractivity contribution in [2.45, 2.75) is 27.7 Å². The second kappa shape index (κ2) is 8.16. The minimum absolute atomic E-state index is 0.0371. The van der Waals surface area contributed by atoms with Gasteiger partial charge in [-0.2, -0.15) is 0 Å². The number of nitro groups is 1. The lowest BCUT2D eigenvalue weighted by atomic mass is 10.1. The average Bonchev–Trinajstić information content (AvgIpc) is 3.22. The number of rotatable bonds is 6. The van der Waals surface area contributed by atoms with Crippen LogP contribution in [-0.2, 0) is 9.59 Å². The smallest absolute Gasteiger partial charge is 0.269 e. The normalized spacial score (nSPS) is 11.4. The van der Waals surface area contributed by atoms with Gasteiger partial charge in [0, 0.05) is 35.3 Å². The number of carbonyl (C=O) groups is 2. The topological polar surface area (TPSA) is 120 Å². The van der Waals surface area contributed by atoms with Crippen LogP contribution in [0.1, 0.15) is 29.6 Å². The number of aryl methyl sites for hydroxylation is 2. The van der Waals surface area contributed by atoms with Gasteiger partial charge in [-0.1, -0.05) is 5.16 Å². The molecule has 2 heterocycles. The Morgan fingerprint density at radius 1 is 1.17 bits per heavy atom. The highest BCUT2D eigenvalue weighted by atomic mass is 16.6. The molecule has 1 N–H and O–H groups in total. The third-order valence-corrected chi connectivity index (χ3v) is 4.57. The van der Waals surface area contributed by atoms with Crippen molar-refractivity contribution in [2.24, 2.45) is 0 Å². The fraction of sp³-hybridized carbons (Fsp3) is 0.190. The zero-order valence-corrected chi connectivity index (χ0v) is 16.9. The van der Waals surface area contributed by atoms with Crippen LogP contribution in [0.4, 0.5) is 11.4 Å². The molecule has 0 aliphatic rings. The number of non-ortho nitro benzene ring substituents is 1. The van der Waals surface area contributed by atoms with Crippen LogP contribution < -0.4 is 5.32 Å². The first kappa shape index (κ1) is 20.7. The molecule has 9 nitrogen and oxygen atoms in total. The number of Topliss-reactive ketones (excluding diaryl/α,β-unsaturated/α-hetero) is 1. The van der Waals surface area contributed by atoms with Crippen LogP contribution in [0.2, 0.25) is 0 Å². The number of nitrogens with one attached hydrogen (secondary N) is 1. The number of amides is 1. The molecular formula is C21H20N4O5. The Labute approximate surface area is 172 Å². The molecule has 1 aromatic carbocycles. The largest absolute Gasteiger partial charge is 0.360 e. The molecule has 0 saturated carbocycles. The number of nitro benzene ring substituents is 1. The van der Waals surface area contributed by atoms with Gasteiger partial charge in [0.25, 0.3) is 11.6 Å². The van der Waals surface area contributed by atoms with Crippen molar-refractivity contribution in [1.29, 1.82) is 0 Å². The molecule has 154 valence electrons. The van der Waals surface area contributed by atoms with Crippen LogP contribution in [0.3, 0.4) is 0 Å². The van der Waals surface area contributed by atoms with E-state index in [0.29, 0.717) is 22.8 Å². The molecule has 0 saturated heterocycles. The first-order chi connectivity index (χ1) is 14.2. The number of benzene rings is 1. The summed E-state index contributed by atoms with van der Waals surface area (Å²) >= 11 is 0. The second-order valence-corrected chi connectivity index (χ2v) is 6.83. The molecule has 30 heavy (non-hydrogen) atoms. The van der Waals surface area contributed by atoms with E-state index >= 15 is 0 Å². The van der Waals surface area contributed by atoms with Gasteiger partial charge in [0.15, 0.2) is 11.6 Å². The van der Waals surface area contributed by atoms with Crippen LogP contribution in [0.5, 0.6) is 0 Å². The summed E-state index contributed by atoms with van der Waals surface area (Å²) in [5.41, 5.74) is 2.57. The maximum atomic E-state index is 12.7. The van der Waals surface area contributed by atoms with Crippen molar-refractivity contribution in [3.8, 4) is 5.82 Å². The first-order valence-corrected chi connectivity index (χ1v) is 9.08. The van der Waals surface area contributed by atoms with Crippen molar-refractivity contribution >= 4 is 29.1 Å². The zero-order chi connectivity index (χ0) is 22.0. The van der Waals surface area contributed by atoms with E-state index in [1.54, 1.807) is 13.0 Å². The van der Waals surface area contributed by atoms with E-state index in [1.807, 2.05) is 24.5 Å². The SMILES string of the molecule is CC(=O)/C(=C\c1cc(C)n(-c2cc(C)on2)c1C)C(=O)Nc1ccc([N+](=O)[O-])cc1. The number of nitrogens with zero attached hydrogens (tertiary/aromatic N) is 3. The molecule has 3 rings (SSSR count). The molecule has 0 bridgehead atoms. The molecule has 0 unspecified atom stereocenters. The van der Waals surface area contributed by atoms with Gasteiger partial charge in [-0.3, -0.25) is 24.3 Å². The number of anilines is 1. The standard InChI is InChI=1S/C21H20N4O5/c1-12-9-16(14(3)24(12)20-10-13(2)30-23-20)11-19(15(4)26)21(27)22-17-5-7-18(8-6-17)25(28)29/h5-11H,1-4H3,(H,22,27)/b19-11+. The quantitative estimate of drug-likeness (QED) is 0.217. The monoisotopic (exact) mass is 408 g/mol. The van der Waals surface area contributed by atoms with E-state index in [4.69, 9.17) is 4.52 Å². The second-order valence-electron chi connectivity index (χ2n) is 6.83. The summed E-state index contributed by atoms with van der Waals surface area (Å²) < 4.78 is 7.01. The fourth-order valence-electron chi connectivity index (χ4n) is 3.09. The van der Waals surface area contributed by atoms with E-state index in [2.05, 4.69) is 10.5 Å². The minimum Gasteiger partial charge on any atom is -0.360 e. The van der Waals surface area contributed by atoms with E-state index in [1.165, 1.54) is 37.3 Å². The van der Waals surface area contributed by atoms with Crippen LogP contribution >= 0.6 is 0 Å². The lowest BCUT2D eigenvalue weighted by Gasteiger charge is -2.07. The van der Waals surface area contributed by atoms with Gasteiger partial charge in [-0.15, -0.1) is 0 Å². The number of hydrogen-bond donors (Lipinski definition) is 1. The summed E-state index contributed by atoms with van der Waals surface area (Å²) in [6.45, 7) is 6.84. The van der Waals surface area contributed by atoms with Crippen molar-refractivity contribution in [3.63, 3.8) is 0 Å². The van der Waals surface area contributed by atoms with E-state index in [0.717, 1.165) is 11.4 Å². The average molecular weight is 408 g/mol. The molecule has 0 atom stereocenters. The van der Waals surface area contributed by atoms with Gasteiger partial charge in [0.1, 0.15) is 5.76 Å². The highest BCUT2D eigenvalue weighted by molar-refractivity contribution is 6.25. The van der Waals surface area contributed by atoms with Crippen LogP contribution in [0.25, 0.3) is 11.9 Å². The first-order valence-electron chi connectivity index (χ1n) is 9.08. The Hall–Kier alpha value is -4.01. The Balaban J connectivity index is 1.92. The lowest BCUT2D eigenvalue weighted by molar-refractivity contribution is -0.384. The number of ketones is 1. The molecule has 1 amide bonds. The van der Waals surface area contributed by atoms with Gasteiger partial charge in [-0.05, 0) is 57.5 Å². The molecule has 0 radical (unpaired) electrons. The summed E-state index contributed by atoms with van der Waals surface area (Å²) in [6, 6.07) is 9.02. The van der Waals surface area contributed by atoms with Crippen LogP contribution in [0.15, 0.2) is 46.5 Å². The Kier molecular flexibility index (Phi) is 5.63. The molecule has 0 spiro atoms. The van der Waals surface area contributed by atoms with Gasteiger partial charge >= 0.3 is 0 Å². The summed E-state index contributed by atoms with van der Waals surface area (Å²) in [4.78, 5) is 35.1. The summed E-state index contributed by atoms with van der Waals surface area (Å²) in [5, 5.41) is 17.4. The highest BCUT2D eigenvalue weighted by Crippen LogP contribution is 2.23. The summed E-state index contributed by atoms with van der Waals surface area (Å²) in [7, 11) is 0. The van der Waals surface area contributed by atoms with Crippen LogP contribution in [-0.4, -0.2) is 26.3 Å².